The maximum Gasteiger partial charge on any atom is 0.143 e. The van der Waals surface area contributed by atoms with E-state index in [2.05, 4.69) is 361 Å². The van der Waals surface area contributed by atoms with Crippen molar-refractivity contribution in [3.05, 3.63) is 411 Å². The SMILES string of the molecule is Cc1ccc2c(c1)c1cc(C)ccc1c1nc(-c3ccc(-c4cccc5c4oc4ccccc45)cc3)cnc21.Cc1ccc2c3ccc(C)cc3c3nc(-c4ccc(-c5cccc6c5oc5ccccc56)cc4)cnc3c2c1.c1ccc(-c2ccc3c(c2)c2cc(-c4ccccc4)ccc2c2nc(-c4ccc(-c5cccc6c5oc5ccccc56)cc4)cnc32)cc1. The molecule has 0 spiro atoms. The van der Waals surface area contributed by atoms with Gasteiger partial charge in [-0.15, -0.1) is 0 Å². The molecule has 127 heavy (non-hydrogen) atoms. The summed E-state index contributed by atoms with van der Waals surface area (Å²) in [4.78, 5) is 30.7. The molecule has 6 aromatic heterocycles. The van der Waals surface area contributed by atoms with E-state index in [0.717, 1.165) is 198 Å². The van der Waals surface area contributed by atoms with E-state index in [1.54, 1.807) is 0 Å². The third kappa shape index (κ3) is 12.8. The minimum Gasteiger partial charge on any atom is -0.455 e. The number of hydrogen-bond donors (Lipinski definition) is 0. The normalized spacial score (nSPS) is 11.8. The van der Waals surface area contributed by atoms with E-state index in [0.29, 0.717) is 0 Å². The lowest BCUT2D eigenvalue weighted by Gasteiger charge is -2.14. The van der Waals surface area contributed by atoms with Crippen LogP contribution in [0.3, 0.4) is 0 Å². The Hall–Kier alpha value is -16.6. The molecule has 0 atom stereocenters. The summed E-state index contributed by atoms with van der Waals surface area (Å²) in [6, 6.07) is 130. The molecule has 26 rings (SSSR count). The lowest BCUT2D eigenvalue weighted by Crippen LogP contribution is -1.93. The summed E-state index contributed by atoms with van der Waals surface area (Å²) in [5.74, 6) is 0. The number of rotatable bonds is 8. The molecule has 0 aliphatic rings. The van der Waals surface area contributed by atoms with Gasteiger partial charge in [0.05, 0.1) is 68.8 Å². The average Bonchev–Trinajstić information content (AvgIpc) is 1.67. The molecule has 0 fully saturated rings. The van der Waals surface area contributed by atoms with Crippen molar-refractivity contribution >= 4 is 164 Å². The molecule has 6 heterocycles. The van der Waals surface area contributed by atoms with E-state index in [4.69, 9.17) is 43.2 Å². The predicted molar refractivity (Wildman–Crippen MR) is 528 cm³/mol. The van der Waals surface area contributed by atoms with Gasteiger partial charge in [0.25, 0.3) is 0 Å². The first-order valence-electron chi connectivity index (χ1n) is 43.1. The molecule has 0 N–H and O–H groups in total. The van der Waals surface area contributed by atoms with Crippen LogP contribution in [0.2, 0.25) is 0 Å². The highest BCUT2D eigenvalue weighted by Gasteiger charge is 2.22. The van der Waals surface area contributed by atoms with Gasteiger partial charge < -0.3 is 13.3 Å². The van der Waals surface area contributed by atoms with Crippen molar-refractivity contribution < 1.29 is 13.3 Å². The second kappa shape index (κ2) is 30.2. The van der Waals surface area contributed by atoms with Gasteiger partial charge in [0, 0.05) is 98.0 Å². The third-order valence-electron chi connectivity index (χ3n) is 25.4. The highest BCUT2D eigenvalue weighted by atomic mass is 16.3. The van der Waals surface area contributed by atoms with Crippen molar-refractivity contribution in [2.75, 3.05) is 0 Å². The molecule has 0 radical (unpaired) electrons. The van der Waals surface area contributed by atoms with E-state index in [9.17, 15) is 0 Å². The summed E-state index contributed by atoms with van der Waals surface area (Å²) in [6.07, 6.45) is 5.71. The molecule has 0 saturated carbocycles. The fourth-order valence-corrected chi connectivity index (χ4v) is 19.0. The summed E-state index contributed by atoms with van der Waals surface area (Å²) < 4.78 is 18.9. The Bertz CT molecular complexity index is 8980. The molecule has 26 aromatic rings. The van der Waals surface area contributed by atoms with Crippen molar-refractivity contribution in [2.45, 2.75) is 27.7 Å². The molecule has 596 valence electrons. The van der Waals surface area contributed by atoms with Crippen LogP contribution < -0.4 is 0 Å². The summed E-state index contributed by atoms with van der Waals surface area (Å²) in [6.45, 7) is 8.53. The molecular weight excluding hydrogens is 1550 g/mol. The summed E-state index contributed by atoms with van der Waals surface area (Å²) in [5.41, 5.74) is 32.9. The van der Waals surface area contributed by atoms with E-state index < -0.39 is 0 Å². The maximum atomic E-state index is 6.32. The van der Waals surface area contributed by atoms with Crippen LogP contribution in [-0.2, 0) is 0 Å². The van der Waals surface area contributed by atoms with E-state index in [1.165, 1.54) is 76.8 Å². The van der Waals surface area contributed by atoms with Gasteiger partial charge in [0.1, 0.15) is 33.5 Å². The van der Waals surface area contributed by atoms with Crippen LogP contribution in [0.25, 0.3) is 253 Å². The number of aryl methyl sites for hydroxylation is 4. The Morgan fingerprint density at radius 1 is 0.165 bits per heavy atom. The van der Waals surface area contributed by atoms with Gasteiger partial charge in [-0.1, -0.05) is 350 Å². The molecule has 9 nitrogen and oxygen atoms in total. The minimum absolute atomic E-state index is 0.842. The van der Waals surface area contributed by atoms with E-state index in [1.807, 2.05) is 55.0 Å². The first-order chi connectivity index (χ1) is 62.6. The molecule has 0 aliphatic heterocycles. The van der Waals surface area contributed by atoms with Crippen LogP contribution in [0.5, 0.6) is 0 Å². The second-order valence-corrected chi connectivity index (χ2v) is 33.4. The highest BCUT2D eigenvalue weighted by molar-refractivity contribution is 6.27. The van der Waals surface area contributed by atoms with E-state index >= 15 is 0 Å². The average molecular weight is 1630 g/mol. The number of hydrogen-bond acceptors (Lipinski definition) is 9. The number of aromatic nitrogens is 6. The quantitative estimate of drug-likeness (QED) is 0.137. The first-order valence-corrected chi connectivity index (χ1v) is 43.1. The molecule has 20 aromatic carbocycles. The Kier molecular flexibility index (Phi) is 17.6. The predicted octanol–water partition coefficient (Wildman–Crippen LogP) is 32.1. The van der Waals surface area contributed by atoms with Crippen molar-refractivity contribution in [2.24, 2.45) is 0 Å². The van der Waals surface area contributed by atoms with Gasteiger partial charge in [0.2, 0.25) is 0 Å². The van der Waals surface area contributed by atoms with Crippen LogP contribution in [0, 0.1) is 27.7 Å². The Morgan fingerprint density at radius 3 is 0.787 bits per heavy atom. The van der Waals surface area contributed by atoms with Crippen LogP contribution in [0.4, 0.5) is 0 Å². The van der Waals surface area contributed by atoms with Gasteiger partial charge in [0.15, 0.2) is 0 Å². The van der Waals surface area contributed by atoms with Crippen molar-refractivity contribution in [3.63, 3.8) is 0 Å². The molecule has 0 aliphatic carbocycles. The topological polar surface area (TPSA) is 117 Å². The third-order valence-corrected chi connectivity index (χ3v) is 25.4. The standard InChI is InChI=1S/C46H28N2O.2C36H24N2O/c1-3-10-29(11-4-1)33-22-24-37-40(26-33)41-27-34(30-12-5-2-6-13-30)23-25-38(41)45-44(37)47-28-42(48-45)32-20-18-31(19-21-32)35-15-9-16-39-36-14-7-8-17-43(36)49-46(35)39;1-21-10-16-26-27-17-11-22(2)19-31(27)35-34(30(26)18-21)37-20-32(38-35)24-14-12-23(13-15-24)25-7-5-8-29-28-6-3-4-9-33(28)39-36(25)29;1-21-10-16-27-30(18-21)31-19-22(2)11-17-28(31)35-34(27)37-20-32(38-35)24-14-12-23(13-15-24)25-7-5-8-29-26-6-3-4-9-33(26)39-36(25)29/h1-28H;2*3-20H,1-2H3. The van der Waals surface area contributed by atoms with Crippen molar-refractivity contribution in [1.82, 2.24) is 29.9 Å². The first kappa shape index (κ1) is 74.2. The number of benzene rings is 20. The van der Waals surface area contributed by atoms with Crippen molar-refractivity contribution in [1.29, 1.82) is 0 Å². The largest absolute Gasteiger partial charge is 0.455 e. The Labute approximate surface area is 729 Å². The lowest BCUT2D eigenvalue weighted by molar-refractivity contribution is 0.669. The number of para-hydroxylation sites is 6. The Balaban J connectivity index is 0.000000107. The van der Waals surface area contributed by atoms with Gasteiger partial charge in [-0.05, 0) is 141 Å². The molecular formula is C118H76N6O3. The zero-order chi connectivity index (χ0) is 84.5. The van der Waals surface area contributed by atoms with Crippen LogP contribution in [0.15, 0.2) is 402 Å². The molecule has 0 bridgehead atoms. The zero-order valence-corrected chi connectivity index (χ0v) is 69.9. The monoisotopic (exact) mass is 1620 g/mol. The van der Waals surface area contributed by atoms with Gasteiger partial charge in [-0.3, -0.25) is 15.0 Å². The summed E-state index contributed by atoms with van der Waals surface area (Å²) in [5, 5.41) is 20.8. The Morgan fingerprint density at radius 2 is 0.425 bits per heavy atom. The number of nitrogens with zero attached hydrogens (tertiary/aromatic N) is 6. The number of fused-ring (bicyclic) bond motifs is 27. The van der Waals surface area contributed by atoms with Gasteiger partial charge in [-0.25, -0.2) is 15.0 Å². The van der Waals surface area contributed by atoms with Crippen molar-refractivity contribution in [3.8, 4) is 89.4 Å². The van der Waals surface area contributed by atoms with Crippen LogP contribution in [-0.4, -0.2) is 29.9 Å². The summed E-state index contributed by atoms with van der Waals surface area (Å²) in [7, 11) is 0. The minimum atomic E-state index is 0.842. The van der Waals surface area contributed by atoms with E-state index in [-0.39, 0.29) is 0 Å². The molecule has 0 saturated heterocycles. The van der Waals surface area contributed by atoms with Crippen LogP contribution >= 0.6 is 0 Å². The highest BCUT2D eigenvalue weighted by Crippen LogP contribution is 2.45. The lowest BCUT2D eigenvalue weighted by atomic mass is 9.93. The maximum absolute atomic E-state index is 6.32. The fourth-order valence-electron chi connectivity index (χ4n) is 19.0. The van der Waals surface area contributed by atoms with Gasteiger partial charge in [-0.2, -0.15) is 0 Å². The second-order valence-electron chi connectivity index (χ2n) is 33.4. The smallest absolute Gasteiger partial charge is 0.143 e. The number of furan rings is 3. The van der Waals surface area contributed by atoms with Gasteiger partial charge >= 0.3 is 0 Å². The molecule has 9 heteroatoms. The summed E-state index contributed by atoms with van der Waals surface area (Å²) >= 11 is 0. The fraction of sp³-hybridized carbons (Fsp3) is 0.0339. The van der Waals surface area contributed by atoms with Crippen LogP contribution in [0.1, 0.15) is 22.3 Å². The molecule has 0 unspecified atom stereocenters. The zero-order valence-electron chi connectivity index (χ0n) is 69.9. The molecule has 0 amide bonds.